The number of rotatable bonds is 4. The number of hydrogen-bond acceptors (Lipinski definition) is 3. The molecule has 0 aliphatic carbocycles. The molecule has 0 atom stereocenters. The minimum absolute atomic E-state index is 0.137. The van der Waals surface area contributed by atoms with E-state index in [4.69, 9.17) is 4.42 Å². The van der Waals surface area contributed by atoms with Gasteiger partial charge in [-0.05, 0) is 30.9 Å². The second-order valence-corrected chi connectivity index (χ2v) is 5.57. The summed E-state index contributed by atoms with van der Waals surface area (Å²) in [6.45, 7) is 5.51. The molecular formula is C16H18O3. The number of para-hydroxylation sites is 1. The molecule has 19 heavy (non-hydrogen) atoms. The summed E-state index contributed by atoms with van der Waals surface area (Å²) < 4.78 is 5.35. The van der Waals surface area contributed by atoms with Crippen LogP contribution in [-0.2, 0) is 10.2 Å². The standard InChI is InChI=1S/C16H18O3/c1-11(17)8-9-16(2,3)13-10-12-6-4-5-7-14(12)19-15(13)18/h4-7,10H,8-9H2,1-3H3. The summed E-state index contributed by atoms with van der Waals surface area (Å²) in [6.07, 6.45) is 1.12. The number of fused-ring (bicyclic) bond motifs is 1. The number of benzene rings is 1. The Balaban J connectivity index is 2.46. The normalized spacial score (nSPS) is 11.7. The van der Waals surface area contributed by atoms with Gasteiger partial charge in [0, 0.05) is 17.4 Å². The topological polar surface area (TPSA) is 47.3 Å². The summed E-state index contributed by atoms with van der Waals surface area (Å²) in [5.74, 6) is 0.137. The smallest absolute Gasteiger partial charge is 0.339 e. The van der Waals surface area contributed by atoms with Crippen LogP contribution in [0.1, 0.15) is 39.2 Å². The molecule has 0 radical (unpaired) electrons. The van der Waals surface area contributed by atoms with Crippen LogP contribution in [0.3, 0.4) is 0 Å². The monoisotopic (exact) mass is 258 g/mol. The molecule has 0 spiro atoms. The summed E-state index contributed by atoms with van der Waals surface area (Å²) in [5.41, 5.74) is 0.550. The first-order valence-corrected chi connectivity index (χ1v) is 6.43. The van der Waals surface area contributed by atoms with Crippen LogP contribution in [0.4, 0.5) is 0 Å². The highest BCUT2D eigenvalue weighted by Gasteiger charge is 2.25. The van der Waals surface area contributed by atoms with Crippen molar-refractivity contribution in [1.82, 2.24) is 0 Å². The van der Waals surface area contributed by atoms with Gasteiger partial charge in [-0.25, -0.2) is 4.79 Å². The van der Waals surface area contributed by atoms with E-state index in [1.54, 1.807) is 13.0 Å². The first-order valence-electron chi connectivity index (χ1n) is 6.43. The van der Waals surface area contributed by atoms with Gasteiger partial charge in [-0.15, -0.1) is 0 Å². The lowest BCUT2D eigenvalue weighted by molar-refractivity contribution is -0.117. The molecule has 1 aromatic heterocycles. The van der Waals surface area contributed by atoms with Gasteiger partial charge in [-0.3, -0.25) is 0 Å². The maximum absolute atomic E-state index is 12.1. The van der Waals surface area contributed by atoms with Crippen molar-refractivity contribution >= 4 is 16.8 Å². The SMILES string of the molecule is CC(=O)CCC(C)(C)c1cc2ccccc2oc1=O. The molecule has 2 aromatic rings. The van der Waals surface area contributed by atoms with Gasteiger partial charge in [0.15, 0.2) is 0 Å². The predicted octanol–water partition coefficient (Wildman–Crippen LogP) is 3.44. The number of carbonyl (C=O) groups is 1. The molecule has 0 fully saturated rings. The highest BCUT2D eigenvalue weighted by Crippen LogP contribution is 2.28. The molecule has 2 rings (SSSR count). The zero-order valence-corrected chi connectivity index (χ0v) is 11.5. The fraction of sp³-hybridized carbons (Fsp3) is 0.375. The van der Waals surface area contributed by atoms with Gasteiger partial charge >= 0.3 is 5.63 Å². The fourth-order valence-corrected chi connectivity index (χ4v) is 2.16. The number of Topliss-reactive ketones (excluding diaryl/α,β-unsaturated/α-hetero) is 1. The Bertz CT molecular complexity index is 665. The van der Waals surface area contributed by atoms with E-state index in [0.29, 0.717) is 24.0 Å². The van der Waals surface area contributed by atoms with E-state index in [1.165, 1.54) is 0 Å². The molecule has 0 bridgehead atoms. The van der Waals surface area contributed by atoms with Crippen molar-refractivity contribution in [3.05, 3.63) is 46.3 Å². The highest BCUT2D eigenvalue weighted by atomic mass is 16.4. The molecule has 0 amide bonds. The van der Waals surface area contributed by atoms with Crippen molar-refractivity contribution < 1.29 is 9.21 Å². The van der Waals surface area contributed by atoms with Crippen LogP contribution in [0, 0.1) is 0 Å². The first-order chi connectivity index (χ1) is 8.90. The molecule has 100 valence electrons. The second-order valence-electron chi connectivity index (χ2n) is 5.57. The van der Waals surface area contributed by atoms with Crippen LogP contribution in [0.5, 0.6) is 0 Å². The Morgan fingerprint density at radius 2 is 1.95 bits per heavy atom. The van der Waals surface area contributed by atoms with Crippen LogP contribution in [0.2, 0.25) is 0 Å². The van der Waals surface area contributed by atoms with E-state index in [-0.39, 0.29) is 16.8 Å². The lowest BCUT2D eigenvalue weighted by atomic mass is 9.80. The summed E-state index contributed by atoms with van der Waals surface area (Å²) in [4.78, 5) is 23.2. The Hall–Kier alpha value is -1.90. The van der Waals surface area contributed by atoms with Gasteiger partial charge in [0.1, 0.15) is 11.4 Å². The van der Waals surface area contributed by atoms with E-state index >= 15 is 0 Å². The summed E-state index contributed by atoms with van der Waals surface area (Å²) in [7, 11) is 0. The second kappa shape index (κ2) is 5.00. The third kappa shape index (κ3) is 2.92. The summed E-state index contributed by atoms with van der Waals surface area (Å²) >= 11 is 0. The number of carbonyl (C=O) groups excluding carboxylic acids is 1. The van der Waals surface area contributed by atoms with Gasteiger partial charge in [0.2, 0.25) is 0 Å². The Morgan fingerprint density at radius 1 is 1.26 bits per heavy atom. The van der Waals surface area contributed by atoms with Crippen LogP contribution >= 0.6 is 0 Å². The maximum Gasteiger partial charge on any atom is 0.339 e. The van der Waals surface area contributed by atoms with Gasteiger partial charge in [-0.1, -0.05) is 32.0 Å². The molecule has 0 saturated heterocycles. The Labute approximate surface area is 112 Å². The van der Waals surface area contributed by atoms with E-state index in [9.17, 15) is 9.59 Å². The van der Waals surface area contributed by atoms with E-state index in [2.05, 4.69) is 0 Å². The minimum Gasteiger partial charge on any atom is -0.423 e. The number of ketones is 1. The lowest BCUT2D eigenvalue weighted by Crippen LogP contribution is -2.26. The van der Waals surface area contributed by atoms with Crippen molar-refractivity contribution in [1.29, 1.82) is 0 Å². The van der Waals surface area contributed by atoms with Crippen molar-refractivity contribution in [3.8, 4) is 0 Å². The molecule has 3 heteroatoms. The Morgan fingerprint density at radius 3 is 2.63 bits per heavy atom. The van der Waals surface area contributed by atoms with Crippen LogP contribution in [0.25, 0.3) is 11.0 Å². The van der Waals surface area contributed by atoms with Crippen molar-refractivity contribution in [2.24, 2.45) is 0 Å². The quantitative estimate of drug-likeness (QED) is 0.789. The third-order valence-corrected chi connectivity index (χ3v) is 3.47. The molecule has 3 nitrogen and oxygen atoms in total. The molecule has 0 aliphatic rings. The molecule has 0 aliphatic heterocycles. The lowest BCUT2D eigenvalue weighted by Gasteiger charge is -2.23. The number of hydrogen-bond donors (Lipinski definition) is 0. The highest BCUT2D eigenvalue weighted by molar-refractivity contribution is 5.77. The predicted molar refractivity (Wildman–Crippen MR) is 75.4 cm³/mol. The Kier molecular flexibility index (Phi) is 3.56. The zero-order chi connectivity index (χ0) is 14.0. The third-order valence-electron chi connectivity index (χ3n) is 3.47. The summed E-state index contributed by atoms with van der Waals surface area (Å²) in [5, 5.41) is 0.910. The van der Waals surface area contributed by atoms with Gasteiger partial charge < -0.3 is 9.21 Å². The van der Waals surface area contributed by atoms with Gasteiger partial charge in [-0.2, -0.15) is 0 Å². The largest absolute Gasteiger partial charge is 0.423 e. The first kappa shape index (κ1) is 13.5. The molecular weight excluding hydrogens is 240 g/mol. The molecule has 0 N–H and O–H groups in total. The average molecular weight is 258 g/mol. The van der Waals surface area contributed by atoms with E-state index in [0.717, 1.165) is 5.39 Å². The fourth-order valence-electron chi connectivity index (χ4n) is 2.16. The summed E-state index contributed by atoms with van der Waals surface area (Å²) in [6, 6.07) is 9.33. The van der Waals surface area contributed by atoms with Gasteiger partial charge in [0.05, 0.1) is 0 Å². The zero-order valence-electron chi connectivity index (χ0n) is 11.5. The van der Waals surface area contributed by atoms with Gasteiger partial charge in [0.25, 0.3) is 0 Å². The van der Waals surface area contributed by atoms with Crippen molar-refractivity contribution in [2.75, 3.05) is 0 Å². The molecule has 0 unspecified atom stereocenters. The minimum atomic E-state index is -0.365. The van der Waals surface area contributed by atoms with E-state index in [1.807, 2.05) is 38.1 Å². The van der Waals surface area contributed by atoms with Crippen molar-refractivity contribution in [2.45, 2.75) is 39.0 Å². The average Bonchev–Trinajstić information content (AvgIpc) is 2.35. The van der Waals surface area contributed by atoms with Crippen LogP contribution in [0.15, 0.2) is 39.5 Å². The van der Waals surface area contributed by atoms with Crippen molar-refractivity contribution in [3.63, 3.8) is 0 Å². The van der Waals surface area contributed by atoms with Crippen LogP contribution in [-0.4, -0.2) is 5.78 Å². The molecule has 0 saturated carbocycles. The molecule has 1 aromatic carbocycles. The molecule has 1 heterocycles. The van der Waals surface area contributed by atoms with Crippen LogP contribution < -0.4 is 5.63 Å². The maximum atomic E-state index is 12.1. The van der Waals surface area contributed by atoms with E-state index < -0.39 is 0 Å².